The molecule has 4 atom stereocenters. The van der Waals surface area contributed by atoms with E-state index >= 15 is 0 Å². The zero-order chi connectivity index (χ0) is 21.0. The maximum absolute atomic E-state index is 11.7. The standard InChI is InChI=1S/C26H45NO/c1-7-12-18-26(28,20-22(11-5)14-8-2)23-16-13-17-24(19-23)27-25(15-9-3)21(6)10-4/h9,13,16-17,19,21-22,25,27-28H,3,7-8,10-12,14-15,18,20H2,1-2,4-6H3. The van der Waals surface area contributed by atoms with Crippen molar-refractivity contribution in [2.24, 2.45) is 11.8 Å². The van der Waals surface area contributed by atoms with Gasteiger partial charge >= 0.3 is 0 Å². The van der Waals surface area contributed by atoms with Crippen molar-refractivity contribution >= 4 is 5.69 Å². The van der Waals surface area contributed by atoms with Gasteiger partial charge in [-0.1, -0.05) is 91.4 Å². The van der Waals surface area contributed by atoms with Crippen molar-refractivity contribution in [2.45, 2.75) is 104 Å². The lowest BCUT2D eigenvalue weighted by Gasteiger charge is -2.33. The summed E-state index contributed by atoms with van der Waals surface area (Å²) in [5.74, 6) is 1.16. The van der Waals surface area contributed by atoms with Crippen LogP contribution in [0.3, 0.4) is 0 Å². The van der Waals surface area contributed by atoms with Crippen molar-refractivity contribution in [1.82, 2.24) is 0 Å². The van der Waals surface area contributed by atoms with Crippen molar-refractivity contribution in [3.63, 3.8) is 0 Å². The monoisotopic (exact) mass is 387 g/mol. The Balaban J connectivity index is 3.10. The minimum absolute atomic E-state index is 0.380. The molecule has 0 fully saturated rings. The minimum Gasteiger partial charge on any atom is -0.385 e. The summed E-state index contributed by atoms with van der Waals surface area (Å²) in [5.41, 5.74) is 1.46. The summed E-state index contributed by atoms with van der Waals surface area (Å²) in [6.45, 7) is 15.2. The number of hydrogen-bond donors (Lipinski definition) is 2. The fourth-order valence-electron chi connectivity index (χ4n) is 4.18. The Bertz CT molecular complexity index is 555. The second kappa shape index (κ2) is 13.0. The first kappa shape index (κ1) is 24.8. The number of anilines is 1. The van der Waals surface area contributed by atoms with Gasteiger partial charge < -0.3 is 10.4 Å². The minimum atomic E-state index is -0.728. The number of nitrogens with one attached hydrogen (secondary N) is 1. The van der Waals surface area contributed by atoms with Gasteiger partial charge in [-0.25, -0.2) is 0 Å². The highest BCUT2D eigenvalue weighted by Gasteiger charge is 2.31. The maximum Gasteiger partial charge on any atom is 0.0900 e. The van der Waals surface area contributed by atoms with E-state index in [1.807, 2.05) is 6.08 Å². The van der Waals surface area contributed by atoms with Crippen LogP contribution in [0.15, 0.2) is 36.9 Å². The lowest BCUT2D eigenvalue weighted by Crippen LogP contribution is -2.30. The molecule has 0 bridgehead atoms. The second-order valence-electron chi connectivity index (χ2n) is 8.64. The Hall–Kier alpha value is -1.28. The normalized spacial score (nSPS) is 16.8. The fourth-order valence-corrected chi connectivity index (χ4v) is 4.18. The Morgan fingerprint density at radius 2 is 1.89 bits per heavy atom. The molecule has 160 valence electrons. The van der Waals surface area contributed by atoms with Gasteiger partial charge in [0.15, 0.2) is 0 Å². The Morgan fingerprint density at radius 1 is 1.14 bits per heavy atom. The van der Waals surface area contributed by atoms with Gasteiger partial charge in [0.05, 0.1) is 5.60 Å². The number of aliphatic hydroxyl groups is 1. The van der Waals surface area contributed by atoms with E-state index in [1.54, 1.807) is 0 Å². The van der Waals surface area contributed by atoms with Crippen molar-refractivity contribution < 1.29 is 5.11 Å². The zero-order valence-corrected chi connectivity index (χ0v) is 19.1. The van der Waals surface area contributed by atoms with Crippen LogP contribution in [0.2, 0.25) is 0 Å². The van der Waals surface area contributed by atoms with Crippen molar-refractivity contribution in [3.05, 3.63) is 42.5 Å². The van der Waals surface area contributed by atoms with Crippen LogP contribution in [0.4, 0.5) is 5.69 Å². The highest BCUT2D eigenvalue weighted by atomic mass is 16.3. The molecule has 2 nitrogen and oxygen atoms in total. The molecule has 0 spiro atoms. The van der Waals surface area contributed by atoms with Crippen LogP contribution in [0.5, 0.6) is 0 Å². The van der Waals surface area contributed by atoms with Gasteiger partial charge in [0.2, 0.25) is 0 Å². The van der Waals surface area contributed by atoms with Gasteiger partial charge in [-0.15, -0.1) is 6.58 Å². The predicted octanol–water partition coefficient (Wildman–Crippen LogP) is 7.68. The van der Waals surface area contributed by atoms with E-state index in [9.17, 15) is 5.11 Å². The molecule has 4 unspecified atom stereocenters. The Morgan fingerprint density at radius 3 is 2.46 bits per heavy atom. The predicted molar refractivity (Wildman–Crippen MR) is 125 cm³/mol. The molecule has 0 saturated carbocycles. The smallest absolute Gasteiger partial charge is 0.0900 e. The highest BCUT2D eigenvalue weighted by molar-refractivity contribution is 5.48. The van der Waals surface area contributed by atoms with E-state index < -0.39 is 5.60 Å². The third-order valence-corrected chi connectivity index (χ3v) is 6.35. The average Bonchev–Trinajstić information content (AvgIpc) is 2.71. The van der Waals surface area contributed by atoms with Crippen LogP contribution in [0.1, 0.15) is 98.0 Å². The van der Waals surface area contributed by atoms with Gasteiger partial charge in [0, 0.05) is 11.7 Å². The number of hydrogen-bond acceptors (Lipinski definition) is 2. The molecule has 0 aliphatic heterocycles. The molecule has 0 aromatic heterocycles. The molecule has 1 rings (SSSR count). The summed E-state index contributed by atoms with van der Waals surface area (Å²) in [5, 5.41) is 15.4. The van der Waals surface area contributed by atoms with E-state index in [1.165, 1.54) is 12.8 Å². The van der Waals surface area contributed by atoms with E-state index in [-0.39, 0.29) is 0 Å². The molecule has 1 aromatic rings. The Kier molecular flexibility index (Phi) is 11.5. The first-order valence-electron chi connectivity index (χ1n) is 11.6. The van der Waals surface area contributed by atoms with E-state index in [0.29, 0.717) is 17.9 Å². The summed E-state index contributed by atoms with van der Waals surface area (Å²) < 4.78 is 0. The molecular formula is C26H45NO. The topological polar surface area (TPSA) is 32.3 Å². The second-order valence-corrected chi connectivity index (χ2v) is 8.64. The number of unbranched alkanes of at least 4 members (excludes halogenated alkanes) is 1. The highest BCUT2D eigenvalue weighted by Crippen LogP contribution is 2.37. The zero-order valence-electron chi connectivity index (χ0n) is 19.1. The molecule has 0 aliphatic carbocycles. The molecule has 1 aromatic carbocycles. The third-order valence-electron chi connectivity index (χ3n) is 6.35. The van der Waals surface area contributed by atoms with Gasteiger partial charge in [-0.2, -0.15) is 0 Å². The Labute approximate surface area is 174 Å². The molecule has 0 heterocycles. The van der Waals surface area contributed by atoms with E-state index in [4.69, 9.17) is 0 Å². The van der Waals surface area contributed by atoms with Crippen LogP contribution >= 0.6 is 0 Å². The summed E-state index contributed by atoms with van der Waals surface area (Å²) >= 11 is 0. The fraction of sp³-hybridized carbons (Fsp3) is 0.692. The van der Waals surface area contributed by atoms with Gasteiger partial charge in [-0.3, -0.25) is 0 Å². The van der Waals surface area contributed by atoms with E-state index in [2.05, 4.69) is 70.8 Å². The number of rotatable bonds is 15. The third kappa shape index (κ3) is 7.62. The van der Waals surface area contributed by atoms with Crippen LogP contribution in [0.25, 0.3) is 0 Å². The summed E-state index contributed by atoms with van der Waals surface area (Å²) in [6, 6.07) is 8.91. The van der Waals surface area contributed by atoms with Gasteiger partial charge in [-0.05, 0) is 48.8 Å². The van der Waals surface area contributed by atoms with Crippen molar-refractivity contribution in [2.75, 3.05) is 5.32 Å². The largest absolute Gasteiger partial charge is 0.385 e. The summed E-state index contributed by atoms with van der Waals surface area (Å²) in [7, 11) is 0. The van der Waals surface area contributed by atoms with Gasteiger partial charge in [0.1, 0.15) is 0 Å². The molecule has 2 N–H and O–H groups in total. The van der Waals surface area contributed by atoms with Crippen LogP contribution < -0.4 is 5.32 Å². The number of benzene rings is 1. The SMILES string of the molecule is C=CCC(Nc1cccc(C(O)(CCCC)CC(CC)CCC)c1)C(C)CC. The van der Waals surface area contributed by atoms with Crippen LogP contribution in [-0.2, 0) is 5.60 Å². The average molecular weight is 388 g/mol. The molecule has 28 heavy (non-hydrogen) atoms. The molecule has 2 heteroatoms. The van der Waals surface area contributed by atoms with E-state index in [0.717, 1.165) is 56.2 Å². The lowest BCUT2D eigenvalue weighted by molar-refractivity contribution is -0.00145. The first-order valence-corrected chi connectivity index (χ1v) is 11.6. The lowest BCUT2D eigenvalue weighted by atomic mass is 9.78. The summed E-state index contributed by atoms with van der Waals surface area (Å²) in [6.07, 6.45) is 11.5. The molecule has 0 radical (unpaired) electrons. The van der Waals surface area contributed by atoms with Gasteiger partial charge in [0.25, 0.3) is 0 Å². The summed E-state index contributed by atoms with van der Waals surface area (Å²) in [4.78, 5) is 0. The maximum atomic E-state index is 11.7. The molecule has 0 amide bonds. The van der Waals surface area contributed by atoms with Crippen molar-refractivity contribution in [3.8, 4) is 0 Å². The van der Waals surface area contributed by atoms with Crippen molar-refractivity contribution in [1.29, 1.82) is 0 Å². The molecule has 0 aliphatic rings. The van der Waals surface area contributed by atoms with Crippen LogP contribution in [0, 0.1) is 11.8 Å². The molecular weight excluding hydrogens is 342 g/mol. The molecule has 0 saturated heterocycles. The quantitative estimate of drug-likeness (QED) is 0.302. The van der Waals surface area contributed by atoms with Crippen LogP contribution in [-0.4, -0.2) is 11.1 Å². The first-order chi connectivity index (χ1) is 13.4.